The fraction of sp³-hybridized carbons (Fsp3) is 0.333. The summed E-state index contributed by atoms with van der Waals surface area (Å²) in [5, 5.41) is 13.1. The average molecular weight is 285 g/mol. The Morgan fingerprint density at radius 1 is 1.05 bits per heavy atom. The first-order valence-electron chi connectivity index (χ1n) is 7.41. The Bertz CT molecular complexity index is 528. The molecule has 112 valence electrons. The summed E-state index contributed by atoms with van der Waals surface area (Å²) < 4.78 is 5.22. The van der Waals surface area contributed by atoms with Gasteiger partial charge >= 0.3 is 0 Å². The van der Waals surface area contributed by atoms with Gasteiger partial charge in [-0.1, -0.05) is 48.5 Å². The first kappa shape index (κ1) is 15.5. The van der Waals surface area contributed by atoms with E-state index >= 15 is 0 Å². The molecule has 0 heterocycles. The van der Waals surface area contributed by atoms with E-state index in [1.165, 1.54) is 11.1 Å². The summed E-state index contributed by atoms with van der Waals surface area (Å²) in [6.45, 7) is 3.41. The van der Waals surface area contributed by atoms with Gasteiger partial charge in [0.15, 0.2) is 0 Å². The molecule has 0 fully saturated rings. The predicted molar refractivity (Wildman–Crippen MR) is 86.7 cm³/mol. The number of ether oxygens (including phenoxy) is 1. The number of nitrogens with one attached hydrogen (secondary N) is 1. The Balaban J connectivity index is 1.97. The van der Waals surface area contributed by atoms with Crippen molar-refractivity contribution < 1.29 is 9.84 Å². The van der Waals surface area contributed by atoms with Crippen LogP contribution in [0.2, 0.25) is 0 Å². The van der Waals surface area contributed by atoms with Gasteiger partial charge in [0.1, 0.15) is 0 Å². The van der Waals surface area contributed by atoms with Gasteiger partial charge in [-0.05, 0) is 30.5 Å². The molecule has 21 heavy (non-hydrogen) atoms. The molecule has 0 aliphatic carbocycles. The molecule has 1 unspecified atom stereocenters. The van der Waals surface area contributed by atoms with E-state index in [9.17, 15) is 5.11 Å². The maximum Gasteiger partial charge on any atom is 0.0945 e. The molecule has 2 rings (SSSR count). The van der Waals surface area contributed by atoms with Crippen molar-refractivity contribution in [1.29, 1.82) is 0 Å². The maximum absolute atomic E-state index is 9.83. The standard InChI is InChI=1S/C18H23NO2/c1-2-21-14-17(20)13-19-18-11-7-6-10-16(18)12-15-8-4-3-5-9-15/h3-11,17,19-20H,2,12-14H2,1H3. The zero-order valence-electron chi connectivity index (χ0n) is 12.5. The van der Waals surface area contributed by atoms with Gasteiger partial charge in [-0.15, -0.1) is 0 Å². The van der Waals surface area contributed by atoms with E-state index in [1.807, 2.05) is 31.2 Å². The van der Waals surface area contributed by atoms with Crippen molar-refractivity contribution in [3.63, 3.8) is 0 Å². The van der Waals surface area contributed by atoms with E-state index in [1.54, 1.807) is 0 Å². The van der Waals surface area contributed by atoms with E-state index in [4.69, 9.17) is 4.74 Å². The summed E-state index contributed by atoms with van der Waals surface area (Å²) in [5.41, 5.74) is 3.57. The second kappa shape index (κ2) is 8.45. The highest BCUT2D eigenvalue weighted by molar-refractivity contribution is 5.52. The van der Waals surface area contributed by atoms with E-state index < -0.39 is 6.10 Å². The van der Waals surface area contributed by atoms with Crippen LogP contribution < -0.4 is 5.32 Å². The monoisotopic (exact) mass is 285 g/mol. The molecule has 2 aromatic rings. The fourth-order valence-electron chi connectivity index (χ4n) is 2.20. The Hall–Kier alpha value is -1.84. The minimum atomic E-state index is -0.491. The smallest absolute Gasteiger partial charge is 0.0945 e. The largest absolute Gasteiger partial charge is 0.389 e. The summed E-state index contributed by atoms with van der Waals surface area (Å²) in [4.78, 5) is 0. The number of anilines is 1. The van der Waals surface area contributed by atoms with Crippen LogP contribution >= 0.6 is 0 Å². The zero-order chi connectivity index (χ0) is 14.9. The lowest BCUT2D eigenvalue weighted by atomic mass is 10.0. The van der Waals surface area contributed by atoms with Crippen molar-refractivity contribution in [3.8, 4) is 0 Å². The summed E-state index contributed by atoms with van der Waals surface area (Å²) in [6, 6.07) is 18.6. The Morgan fingerprint density at radius 3 is 2.52 bits per heavy atom. The first-order chi connectivity index (χ1) is 10.3. The number of para-hydroxylation sites is 1. The van der Waals surface area contributed by atoms with Gasteiger partial charge in [0, 0.05) is 18.8 Å². The van der Waals surface area contributed by atoms with E-state index in [-0.39, 0.29) is 0 Å². The fourth-order valence-corrected chi connectivity index (χ4v) is 2.20. The number of aliphatic hydroxyl groups excluding tert-OH is 1. The Morgan fingerprint density at radius 2 is 1.76 bits per heavy atom. The quantitative estimate of drug-likeness (QED) is 0.783. The van der Waals surface area contributed by atoms with Gasteiger partial charge in [0.2, 0.25) is 0 Å². The van der Waals surface area contributed by atoms with Crippen LogP contribution in [0.15, 0.2) is 54.6 Å². The third-order valence-corrected chi connectivity index (χ3v) is 3.30. The number of rotatable bonds is 8. The third kappa shape index (κ3) is 5.21. The molecule has 0 radical (unpaired) electrons. The van der Waals surface area contributed by atoms with Crippen LogP contribution in [0.4, 0.5) is 5.69 Å². The van der Waals surface area contributed by atoms with Crippen LogP contribution in [0, 0.1) is 0 Å². The average Bonchev–Trinajstić information content (AvgIpc) is 2.53. The molecule has 0 amide bonds. The third-order valence-electron chi connectivity index (χ3n) is 3.30. The van der Waals surface area contributed by atoms with Gasteiger partial charge in [-0.25, -0.2) is 0 Å². The lowest BCUT2D eigenvalue weighted by Gasteiger charge is -2.15. The molecule has 0 aliphatic heterocycles. The molecule has 0 saturated heterocycles. The van der Waals surface area contributed by atoms with Gasteiger partial charge in [0.25, 0.3) is 0 Å². The molecular formula is C18H23NO2. The van der Waals surface area contributed by atoms with Gasteiger partial charge < -0.3 is 15.2 Å². The van der Waals surface area contributed by atoms with Gasteiger partial charge in [-0.2, -0.15) is 0 Å². The molecule has 0 spiro atoms. The molecular weight excluding hydrogens is 262 g/mol. The van der Waals surface area contributed by atoms with Crippen LogP contribution in [0.5, 0.6) is 0 Å². The predicted octanol–water partition coefficient (Wildman–Crippen LogP) is 3.09. The van der Waals surface area contributed by atoms with E-state index in [0.717, 1.165) is 12.1 Å². The second-order valence-electron chi connectivity index (χ2n) is 5.01. The highest BCUT2D eigenvalue weighted by Crippen LogP contribution is 2.19. The van der Waals surface area contributed by atoms with Crippen molar-refractivity contribution in [2.75, 3.05) is 25.1 Å². The van der Waals surface area contributed by atoms with Crippen LogP contribution in [-0.4, -0.2) is 31.0 Å². The molecule has 0 aliphatic rings. The molecule has 0 aromatic heterocycles. The molecule has 2 N–H and O–H groups in total. The van der Waals surface area contributed by atoms with Crippen LogP contribution in [-0.2, 0) is 11.2 Å². The lowest BCUT2D eigenvalue weighted by Crippen LogP contribution is -2.25. The van der Waals surface area contributed by atoms with Crippen LogP contribution in [0.1, 0.15) is 18.1 Å². The van der Waals surface area contributed by atoms with Crippen molar-refractivity contribution >= 4 is 5.69 Å². The summed E-state index contributed by atoms with van der Waals surface area (Å²) in [6.07, 6.45) is 0.390. The topological polar surface area (TPSA) is 41.5 Å². The van der Waals surface area contributed by atoms with E-state index in [2.05, 4.69) is 35.6 Å². The number of hydrogen-bond donors (Lipinski definition) is 2. The minimum Gasteiger partial charge on any atom is -0.389 e. The van der Waals surface area contributed by atoms with Crippen molar-refractivity contribution in [1.82, 2.24) is 0 Å². The van der Waals surface area contributed by atoms with Crippen molar-refractivity contribution in [2.24, 2.45) is 0 Å². The van der Waals surface area contributed by atoms with Crippen molar-refractivity contribution in [3.05, 3.63) is 65.7 Å². The molecule has 2 aromatic carbocycles. The van der Waals surface area contributed by atoms with Gasteiger partial charge in [0.05, 0.1) is 12.7 Å². The number of hydrogen-bond acceptors (Lipinski definition) is 3. The van der Waals surface area contributed by atoms with E-state index in [0.29, 0.717) is 19.8 Å². The second-order valence-corrected chi connectivity index (χ2v) is 5.01. The molecule has 1 atom stereocenters. The highest BCUT2D eigenvalue weighted by Gasteiger charge is 2.06. The molecule has 0 saturated carbocycles. The lowest BCUT2D eigenvalue weighted by molar-refractivity contribution is 0.0496. The Kier molecular flexibility index (Phi) is 6.25. The Labute approximate surface area is 126 Å². The summed E-state index contributed by atoms with van der Waals surface area (Å²) in [7, 11) is 0. The van der Waals surface area contributed by atoms with Crippen molar-refractivity contribution in [2.45, 2.75) is 19.4 Å². The van der Waals surface area contributed by atoms with Crippen LogP contribution in [0.3, 0.4) is 0 Å². The maximum atomic E-state index is 9.83. The normalized spacial score (nSPS) is 12.1. The number of aliphatic hydroxyl groups is 1. The molecule has 3 nitrogen and oxygen atoms in total. The first-order valence-corrected chi connectivity index (χ1v) is 7.41. The van der Waals surface area contributed by atoms with Gasteiger partial charge in [-0.3, -0.25) is 0 Å². The summed E-state index contributed by atoms with van der Waals surface area (Å²) >= 11 is 0. The zero-order valence-corrected chi connectivity index (χ0v) is 12.5. The SMILES string of the molecule is CCOCC(O)CNc1ccccc1Cc1ccccc1. The summed E-state index contributed by atoms with van der Waals surface area (Å²) in [5.74, 6) is 0. The van der Waals surface area contributed by atoms with Crippen LogP contribution in [0.25, 0.3) is 0 Å². The molecule has 3 heteroatoms. The minimum absolute atomic E-state index is 0.365. The molecule has 0 bridgehead atoms. The number of benzene rings is 2. The highest BCUT2D eigenvalue weighted by atomic mass is 16.5.